The van der Waals surface area contributed by atoms with E-state index in [0.717, 1.165) is 10.6 Å². The molecule has 0 radical (unpaired) electrons. The predicted octanol–water partition coefficient (Wildman–Crippen LogP) is 4.33. The summed E-state index contributed by atoms with van der Waals surface area (Å²) in [4.78, 5) is 17.8. The number of thiazole rings is 1. The molecule has 3 nitrogen and oxygen atoms in total. The van der Waals surface area contributed by atoms with Gasteiger partial charge in [0, 0.05) is 16.2 Å². The molecule has 0 bridgehead atoms. The van der Waals surface area contributed by atoms with E-state index in [4.69, 9.17) is 11.6 Å². The fourth-order valence-electron chi connectivity index (χ4n) is 1.99. The highest BCUT2D eigenvalue weighted by Gasteiger charge is 2.26. The topological polar surface area (TPSA) is 42.0 Å². The Morgan fingerprint density at radius 3 is 3.05 bits per heavy atom. The summed E-state index contributed by atoms with van der Waals surface area (Å²) < 4.78 is 0. The molecule has 0 spiro atoms. The number of amides is 1. The Kier molecular flexibility index (Phi) is 4.52. The normalized spacial score (nSPS) is 14.2. The number of nitrogens with one attached hydrogen (secondary N) is 1. The maximum absolute atomic E-state index is 12.2. The number of carbonyl (C=O) groups is 1. The lowest BCUT2D eigenvalue weighted by Crippen LogP contribution is -2.23. The van der Waals surface area contributed by atoms with Crippen molar-refractivity contribution in [2.45, 2.75) is 30.2 Å². The summed E-state index contributed by atoms with van der Waals surface area (Å²) in [5.41, 5.74) is 1.44. The standard InChI is InChI=1S/C15H15ClN2OS2/c1-20-11-4-5-13(16)12(6-11)14(19)17-7-10-8-21-15(18-10)9-2-3-9/h4-6,8-9H,2-3,7H2,1H3,(H,17,19). The van der Waals surface area contributed by atoms with E-state index in [9.17, 15) is 4.79 Å². The van der Waals surface area contributed by atoms with Crippen molar-refractivity contribution in [2.75, 3.05) is 6.26 Å². The zero-order valence-electron chi connectivity index (χ0n) is 11.6. The van der Waals surface area contributed by atoms with Crippen molar-refractivity contribution in [3.8, 4) is 0 Å². The lowest BCUT2D eigenvalue weighted by Gasteiger charge is -2.07. The van der Waals surface area contributed by atoms with E-state index in [2.05, 4.69) is 10.3 Å². The minimum atomic E-state index is -0.156. The van der Waals surface area contributed by atoms with Crippen LogP contribution in [0, 0.1) is 0 Å². The molecule has 1 fully saturated rings. The van der Waals surface area contributed by atoms with Crippen molar-refractivity contribution in [1.82, 2.24) is 10.3 Å². The smallest absolute Gasteiger partial charge is 0.253 e. The van der Waals surface area contributed by atoms with Gasteiger partial charge >= 0.3 is 0 Å². The molecule has 1 aliphatic carbocycles. The molecular formula is C15H15ClN2OS2. The van der Waals surface area contributed by atoms with E-state index >= 15 is 0 Å². The molecule has 0 unspecified atom stereocenters. The van der Waals surface area contributed by atoms with E-state index in [1.54, 1.807) is 29.2 Å². The van der Waals surface area contributed by atoms with Gasteiger partial charge in [0.2, 0.25) is 0 Å². The monoisotopic (exact) mass is 338 g/mol. The molecule has 1 amide bonds. The van der Waals surface area contributed by atoms with Crippen LogP contribution in [0.1, 0.15) is 39.8 Å². The number of benzene rings is 1. The predicted molar refractivity (Wildman–Crippen MR) is 88.5 cm³/mol. The first-order valence-corrected chi connectivity index (χ1v) is 9.21. The average molecular weight is 339 g/mol. The van der Waals surface area contributed by atoms with Gasteiger partial charge in [0.15, 0.2) is 0 Å². The number of carbonyl (C=O) groups excluding carboxylic acids is 1. The Bertz CT molecular complexity index is 667. The summed E-state index contributed by atoms with van der Waals surface area (Å²) in [5.74, 6) is 0.504. The van der Waals surface area contributed by atoms with Crippen molar-refractivity contribution in [3.63, 3.8) is 0 Å². The molecule has 0 saturated heterocycles. The molecule has 3 rings (SSSR count). The molecule has 0 atom stereocenters. The van der Waals surface area contributed by atoms with Crippen LogP contribution >= 0.6 is 34.7 Å². The van der Waals surface area contributed by atoms with E-state index < -0.39 is 0 Å². The molecule has 1 heterocycles. The van der Waals surface area contributed by atoms with Crippen molar-refractivity contribution in [3.05, 3.63) is 44.9 Å². The maximum Gasteiger partial charge on any atom is 0.253 e. The first-order chi connectivity index (χ1) is 10.2. The third kappa shape index (κ3) is 3.59. The van der Waals surface area contributed by atoms with E-state index in [1.165, 1.54) is 17.8 Å². The van der Waals surface area contributed by atoms with Crippen molar-refractivity contribution in [2.24, 2.45) is 0 Å². The number of rotatable bonds is 5. The molecule has 1 N–H and O–H groups in total. The van der Waals surface area contributed by atoms with Crippen LogP contribution in [0.2, 0.25) is 5.02 Å². The van der Waals surface area contributed by atoms with Crippen LogP contribution in [-0.2, 0) is 6.54 Å². The summed E-state index contributed by atoms with van der Waals surface area (Å²) in [6.45, 7) is 0.446. The fourth-order valence-corrected chi connectivity index (χ4v) is 3.63. The Balaban J connectivity index is 1.65. The van der Waals surface area contributed by atoms with Gasteiger partial charge in [-0.05, 0) is 37.3 Å². The van der Waals surface area contributed by atoms with Gasteiger partial charge in [-0.2, -0.15) is 0 Å². The minimum Gasteiger partial charge on any atom is -0.346 e. The molecular weight excluding hydrogens is 324 g/mol. The summed E-state index contributed by atoms with van der Waals surface area (Å²) in [5, 5.41) is 6.58. The highest BCUT2D eigenvalue weighted by atomic mass is 35.5. The van der Waals surface area contributed by atoms with Gasteiger partial charge in [-0.1, -0.05) is 11.6 Å². The highest BCUT2D eigenvalue weighted by Crippen LogP contribution is 2.41. The zero-order chi connectivity index (χ0) is 14.8. The summed E-state index contributed by atoms with van der Waals surface area (Å²) in [7, 11) is 0. The molecule has 2 aromatic rings. The molecule has 21 heavy (non-hydrogen) atoms. The molecule has 110 valence electrons. The van der Waals surface area contributed by atoms with Crippen LogP contribution in [0.5, 0.6) is 0 Å². The van der Waals surface area contributed by atoms with Gasteiger partial charge in [0.1, 0.15) is 0 Å². The molecule has 6 heteroatoms. The van der Waals surface area contributed by atoms with Crippen LogP contribution in [0.25, 0.3) is 0 Å². The first kappa shape index (κ1) is 14.9. The van der Waals surface area contributed by atoms with Gasteiger partial charge in [0.05, 0.1) is 27.8 Å². The second-order valence-electron chi connectivity index (χ2n) is 4.98. The van der Waals surface area contributed by atoms with Crippen LogP contribution in [0.4, 0.5) is 0 Å². The summed E-state index contributed by atoms with van der Waals surface area (Å²) >= 11 is 9.37. The Morgan fingerprint density at radius 2 is 2.33 bits per heavy atom. The summed E-state index contributed by atoms with van der Waals surface area (Å²) in [6, 6.07) is 5.49. The number of hydrogen-bond donors (Lipinski definition) is 1. The van der Waals surface area contributed by atoms with Crippen molar-refractivity contribution in [1.29, 1.82) is 0 Å². The van der Waals surface area contributed by atoms with Crippen LogP contribution < -0.4 is 5.32 Å². The number of hydrogen-bond acceptors (Lipinski definition) is 4. The van der Waals surface area contributed by atoms with Crippen LogP contribution in [0.3, 0.4) is 0 Å². The number of thioether (sulfide) groups is 1. The Morgan fingerprint density at radius 1 is 1.52 bits per heavy atom. The minimum absolute atomic E-state index is 0.156. The third-order valence-electron chi connectivity index (χ3n) is 3.34. The summed E-state index contributed by atoms with van der Waals surface area (Å²) in [6.07, 6.45) is 4.46. The SMILES string of the molecule is CSc1ccc(Cl)c(C(=O)NCc2csc(C3CC3)n2)c1. The Labute approximate surface area is 137 Å². The maximum atomic E-state index is 12.2. The zero-order valence-corrected chi connectivity index (χ0v) is 13.9. The molecule has 0 aliphatic heterocycles. The van der Waals surface area contributed by atoms with Gasteiger partial charge < -0.3 is 5.32 Å². The Hall–Kier alpha value is -1.04. The van der Waals surface area contributed by atoms with Crippen LogP contribution in [0.15, 0.2) is 28.5 Å². The van der Waals surface area contributed by atoms with E-state index in [0.29, 0.717) is 23.0 Å². The largest absolute Gasteiger partial charge is 0.346 e. The van der Waals surface area contributed by atoms with Gasteiger partial charge in [-0.15, -0.1) is 23.1 Å². The number of halogens is 1. The lowest BCUT2D eigenvalue weighted by molar-refractivity contribution is 0.0950. The van der Waals surface area contributed by atoms with Crippen molar-refractivity contribution < 1.29 is 4.79 Å². The second-order valence-corrected chi connectivity index (χ2v) is 7.16. The number of aromatic nitrogens is 1. The van der Waals surface area contributed by atoms with Gasteiger partial charge in [-0.25, -0.2) is 4.98 Å². The molecule has 1 aromatic heterocycles. The van der Waals surface area contributed by atoms with Crippen LogP contribution in [-0.4, -0.2) is 17.1 Å². The average Bonchev–Trinajstić information content (AvgIpc) is 3.24. The first-order valence-electron chi connectivity index (χ1n) is 6.73. The van der Waals surface area contributed by atoms with Gasteiger partial charge in [0.25, 0.3) is 5.91 Å². The molecule has 1 aliphatic rings. The van der Waals surface area contributed by atoms with Crippen molar-refractivity contribution >= 4 is 40.6 Å². The molecule has 1 saturated carbocycles. The van der Waals surface area contributed by atoms with E-state index in [-0.39, 0.29) is 5.91 Å². The second kappa shape index (κ2) is 6.38. The lowest BCUT2D eigenvalue weighted by atomic mass is 10.2. The highest BCUT2D eigenvalue weighted by molar-refractivity contribution is 7.98. The number of nitrogens with zero attached hydrogens (tertiary/aromatic N) is 1. The molecule has 1 aromatic carbocycles. The quantitative estimate of drug-likeness (QED) is 0.825. The fraction of sp³-hybridized carbons (Fsp3) is 0.333. The third-order valence-corrected chi connectivity index (χ3v) is 5.46. The van der Waals surface area contributed by atoms with E-state index in [1.807, 2.05) is 23.8 Å². The van der Waals surface area contributed by atoms with Gasteiger partial charge in [-0.3, -0.25) is 4.79 Å².